The van der Waals surface area contributed by atoms with Gasteiger partial charge in [0.25, 0.3) is 0 Å². The maximum absolute atomic E-state index is 14.5. The average molecular weight is 321 g/mol. The van der Waals surface area contributed by atoms with Gasteiger partial charge in [0, 0.05) is 17.1 Å². The van der Waals surface area contributed by atoms with E-state index in [4.69, 9.17) is 5.73 Å². The highest BCUT2D eigenvalue weighted by Crippen LogP contribution is 2.32. The molecule has 3 aromatic rings. The van der Waals surface area contributed by atoms with E-state index in [-0.39, 0.29) is 11.1 Å². The highest BCUT2D eigenvalue weighted by Gasteiger charge is 2.26. The summed E-state index contributed by atoms with van der Waals surface area (Å²) in [5.41, 5.74) is 2.89. The van der Waals surface area contributed by atoms with E-state index in [1.54, 1.807) is 6.07 Å². The molecule has 0 saturated carbocycles. The maximum atomic E-state index is 14.5. The van der Waals surface area contributed by atoms with E-state index < -0.39 is 40.5 Å². The minimum Gasteiger partial charge on any atom is -0.464 e. The van der Waals surface area contributed by atoms with E-state index in [1.165, 1.54) is 18.3 Å². The summed E-state index contributed by atoms with van der Waals surface area (Å²) < 4.78 is 47.0. The van der Waals surface area contributed by atoms with Gasteiger partial charge in [-0.2, -0.15) is 0 Å². The highest BCUT2D eigenvalue weighted by molar-refractivity contribution is 5.91. The second-order valence-electron chi connectivity index (χ2n) is 4.71. The predicted octanol–water partition coefficient (Wildman–Crippen LogP) is 3.02. The summed E-state index contributed by atoms with van der Waals surface area (Å²) in [6.07, 6.45) is 1.51. The van der Waals surface area contributed by atoms with E-state index >= 15 is 0 Å². The lowest BCUT2D eigenvalue weighted by Gasteiger charge is -2.10. The van der Waals surface area contributed by atoms with E-state index in [0.29, 0.717) is 5.39 Å². The number of nitrogens with one attached hydrogen (secondary N) is 1. The molecule has 8 heteroatoms. The topological polar surface area (TPSA) is 81.0 Å². The van der Waals surface area contributed by atoms with E-state index in [0.717, 1.165) is 7.11 Å². The number of halogens is 3. The number of nitrogens with two attached hydrogens (primary N) is 1. The number of esters is 1. The number of ether oxygens (including phenoxy) is 1. The molecule has 0 spiro atoms. The number of aromatic nitrogens is 2. The van der Waals surface area contributed by atoms with Crippen LogP contribution in [0.4, 0.5) is 18.9 Å². The molecular formula is C15H10F3N3O2. The summed E-state index contributed by atoms with van der Waals surface area (Å²) in [5.74, 6) is -4.53. The largest absolute Gasteiger partial charge is 0.464 e. The molecule has 0 bridgehead atoms. The first-order chi connectivity index (χ1) is 11.0. The SMILES string of the molecule is COC(=O)c1nc(-c2ccc3cc[nH]c3c2F)c(F)c(N)c1F. The number of rotatable bonds is 2. The molecule has 23 heavy (non-hydrogen) atoms. The molecular weight excluding hydrogens is 311 g/mol. The molecule has 0 aliphatic carbocycles. The second kappa shape index (κ2) is 5.31. The van der Waals surface area contributed by atoms with Crippen molar-refractivity contribution < 1.29 is 22.7 Å². The average Bonchev–Trinajstić information content (AvgIpc) is 3.03. The van der Waals surface area contributed by atoms with Crippen molar-refractivity contribution in [2.75, 3.05) is 12.8 Å². The van der Waals surface area contributed by atoms with Crippen molar-refractivity contribution in [2.24, 2.45) is 0 Å². The Hall–Kier alpha value is -3.03. The summed E-state index contributed by atoms with van der Waals surface area (Å²) in [5, 5.41) is 0.565. The second-order valence-corrected chi connectivity index (χ2v) is 4.71. The summed E-state index contributed by atoms with van der Waals surface area (Å²) in [7, 11) is 1.01. The summed E-state index contributed by atoms with van der Waals surface area (Å²) in [4.78, 5) is 17.8. The molecule has 0 saturated heterocycles. The minimum atomic E-state index is -1.35. The Morgan fingerprint density at radius 2 is 1.91 bits per heavy atom. The van der Waals surface area contributed by atoms with Crippen LogP contribution >= 0.6 is 0 Å². The van der Waals surface area contributed by atoms with Crippen molar-refractivity contribution in [3.05, 3.63) is 47.5 Å². The van der Waals surface area contributed by atoms with Crippen LogP contribution in [0.15, 0.2) is 24.4 Å². The van der Waals surface area contributed by atoms with Crippen LogP contribution < -0.4 is 5.73 Å². The molecule has 118 valence electrons. The molecule has 5 nitrogen and oxygen atoms in total. The zero-order valence-corrected chi connectivity index (χ0v) is 11.8. The summed E-state index contributed by atoms with van der Waals surface area (Å²) in [6, 6.07) is 4.43. The monoisotopic (exact) mass is 321 g/mol. The van der Waals surface area contributed by atoms with Crippen LogP contribution in [-0.4, -0.2) is 23.0 Å². The number of nitrogens with zero attached hydrogens (tertiary/aromatic N) is 1. The Labute approximate surface area is 127 Å². The fraction of sp³-hybridized carbons (Fsp3) is 0.0667. The summed E-state index contributed by atoms with van der Waals surface area (Å²) >= 11 is 0. The van der Waals surface area contributed by atoms with Gasteiger partial charge in [-0.05, 0) is 12.1 Å². The van der Waals surface area contributed by atoms with Crippen molar-refractivity contribution in [1.82, 2.24) is 9.97 Å². The lowest BCUT2D eigenvalue weighted by atomic mass is 10.1. The number of nitrogen functional groups attached to an aromatic ring is 1. The number of carbonyl (C=O) groups excluding carboxylic acids is 1. The standard InChI is InChI=1S/C15H10F3N3O2/c1-23-15(22)14-10(18)11(19)9(17)13(21-14)7-3-2-6-4-5-20-12(6)8(7)16/h2-5,20H,1H3,(H2,19,21). The Balaban J connectivity index is 2.31. The Kier molecular flexibility index (Phi) is 3.44. The van der Waals surface area contributed by atoms with Crippen molar-refractivity contribution in [2.45, 2.75) is 0 Å². The lowest BCUT2D eigenvalue weighted by molar-refractivity contribution is 0.0588. The lowest BCUT2D eigenvalue weighted by Crippen LogP contribution is -2.13. The number of anilines is 1. The number of carbonyl (C=O) groups is 1. The molecule has 3 N–H and O–H groups in total. The van der Waals surface area contributed by atoms with Gasteiger partial charge in [0.05, 0.1) is 12.6 Å². The van der Waals surface area contributed by atoms with Gasteiger partial charge >= 0.3 is 5.97 Å². The zero-order valence-electron chi connectivity index (χ0n) is 11.8. The Morgan fingerprint density at radius 3 is 2.61 bits per heavy atom. The van der Waals surface area contributed by atoms with Crippen LogP contribution in [0.1, 0.15) is 10.5 Å². The molecule has 0 atom stereocenters. The smallest absolute Gasteiger partial charge is 0.359 e. The van der Waals surface area contributed by atoms with E-state index in [2.05, 4.69) is 14.7 Å². The Morgan fingerprint density at radius 1 is 1.17 bits per heavy atom. The third kappa shape index (κ3) is 2.19. The van der Waals surface area contributed by atoms with Crippen LogP contribution in [0.2, 0.25) is 0 Å². The molecule has 0 unspecified atom stereocenters. The molecule has 0 aliphatic rings. The molecule has 2 aromatic heterocycles. The molecule has 1 aromatic carbocycles. The normalized spacial score (nSPS) is 11.0. The zero-order chi connectivity index (χ0) is 16.7. The van der Waals surface area contributed by atoms with Crippen molar-refractivity contribution in [3.63, 3.8) is 0 Å². The number of H-pyrrole nitrogens is 1. The van der Waals surface area contributed by atoms with Gasteiger partial charge in [-0.1, -0.05) is 6.07 Å². The highest BCUT2D eigenvalue weighted by atomic mass is 19.1. The first-order valence-corrected chi connectivity index (χ1v) is 6.44. The van der Waals surface area contributed by atoms with Gasteiger partial charge in [0.15, 0.2) is 23.1 Å². The predicted molar refractivity (Wildman–Crippen MR) is 77.2 cm³/mol. The molecule has 0 aliphatic heterocycles. The molecule has 0 fully saturated rings. The van der Waals surface area contributed by atoms with E-state index in [1.807, 2.05) is 0 Å². The van der Waals surface area contributed by atoms with Gasteiger partial charge < -0.3 is 15.5 Å². The van der Waals surface area contributed by atoms with Crippen LogP contribution in [0, 0.1) is 17.5 Å². The summed E-state index contributed by atoms with van der Waals surface area (Å²) in [6.45, 7) is 0. The third-order valence-electron chi connectivity index (χ3n) is 3.41. The fourth-order valence-corrected chi connectivity index (χ4v) is 2.25. The number of methoxy groups -OCH3 is 1. The number of fused-ring (bicyclic) bond motifs is 1. The van der Waals surface area contributed by atoms with Gasteiger partial charge in [-0.15, -0.1) is 0 Å². The first-order valence-electron chi connectivity index (χ1n) is 6.44. The van der Waals surface area contributed by atoms with Crippen LogP contribution in [-0.2, 0) is 4.74 Å². The minimum absolute atomic E-state index is 0.131. The number of hydrogen-bond donors (Lipinski definition) is 2. The van der Waals surface area contributed by atoms with Crippen molar-refractivity contribution >= 4 is 22.6 Å². The number of pyridine rings is 1. The number of aromatic amines is 1. The van der Waals surface area contributed by atoms with Crippen LogP contribution in [0.5, 0.6) is 0 Å². The maximum Gasteiger partial charge on any atom is 0.359 e. The molecule has 3 rings (SSSR count). The fourth-order valence-electron chi connectivity index (χ4n) is 2.25. The molecule has 0 amide bonds. The van der Waals surface area contributed by atoms with Gasteiger partial charge in [0.2, 0.25) is 0 Å². The Bertz CT molecular complexity index is 937. The van der Waals surface area contributed by atoms with Gasteiger partial charge in [-0.3, -0.25) is 0 Å². The van der Waals surface area contributed by atoms with Crippen LogP contribution in [0.3, 0.4) is 0 Å². The molecule has 2 heterocycles. The van der Waals surface area contributed by atoms with Crippen LogP contribution in [0.25, 0.3) is 22.2 Å². The quantitative estimate of drug-likeness (QED) is 0.711. The number of hydrogen-bond acceptors (Lipinski definition) is 4. The van der Waals surface area contributed by atoms with Crippen molar-refractivity contribution in [1.29, 1.82) is 0 Å². The van der Waals surface area contributed by atoms with Crippen molar-refractivity contribution in [3.8, 4) is 11.3 Å². The van der Waals surface area contributed by atoms with E-state index in [9.17, 15) is 18.0 Å². The first kappa shape index (κ1) is 14.9. The third-order valence-corrected chi connectivity index (χ3v) is 3.41. The molecule has 0 radical (unpaired) electrons. The van der Waals surface area contributed by atoms with Gasteiger partial charge in [0.1, 0.15) is 11.4 Å². The van der Waals surface area contributed by atoms with Gasteiger partial charge in [-0.25, -0.2) is 22.9 Å². The number of benzene rings is 1.